The second kappa shape index (κ2) is 8.39. The Morgan fingerprint density at radius 2 is 2.00 bits per heavy atom. The fourth-order valence-electron chi connectivity index (χ4n) is 4.89. The Bertz CT molecular complexity index is 1110. The van der Waals surface area contributed by atoms with Gasteiger partial charge in [0, 0.05) is 25.1 Å². The zero-order chi connectivity index (χ0) is 22.1. The predicted octanol–water partition coefficient (Wildman–Crippen LogP) is 4.66. The minimum atomic E-state index is -0.416. The van der Waals surface area contributed by atoms with Crippen molar-refractivity contribution in [3.63, 3.8) is 0 Å². The molecule has 166 valence electrons. The normalized spacial score (nSPS) is 21.6. The van der Waals surface area contributed by atoms with Gasteiger partial charge in [0.05, 0.1) is 36.7 Å². The Labute approximate surface area is 187 Å². The van der Waals surface area contributed by atoms with Crippen molar-refractivity contribution >= 4 is 11.5 Å². The van der Waals surface area contributed by atoms with Gasteiger partial charge in [-0.1, -0.05) is 43.3 Å². The van der Waals surface area contributed by atoms with Gasteiger partial charge in [0.1, 0.15) is 0 Å². The standard InChI is InChI=1S/C25H27FN4O2/c1-3-25-13-18(32-15-17-8-5-4-6-9-17)14-30(25)22-12-21(28-29-24(22)27-16-25)19-10-7-11-20(26)23(19)31-2/h4-12,18H,3,13-16H2,1-2H3,(H,27,29)/t18-,25-/m1/s1. The van der Waals surface area contributed by atoms with Gasteiger partial charge >= 0.3 is 0 Å². The first-order chi connectivity index (χ1) is 15.6. The molecule has 2 aromatic carbocycles. The molecule has 6 nitrogen and oxygen atoms in total. The summed E-state index contributed by atoms with van der Waals surface area (Å²) in [7, 11) is 1.46. The van der Waals surface area contributed by atoms with Crippen LogP contribution in [0.1, 0.15) is 25.3 Å². The first-order valence-corrected chi connectivity index (χ1v) is 11.0. The van der Waals surface area contributed by atoms with Crippen molar-refractivity contribution < 1.29 is 13.9 Å². The van der Waals surface area contributed by atoms with E-state index in [0.29, 0.717) is 17.9 Å². The van der Waals surface area contributed by atoms with E-state index in [1.807, 2.05) is 24.3 Å². The van der Waals surface area contributed by atoms with E-state index in [0.717, 1.165) is 37.4 Å². The predicted molar refractivity (Wildman–Crippen MR) is 122 cm³/mol. The highest BCUT2D eigenvalue weighted by atomic mass is 19.1. The van der Waals surface area contributed by atoms with Gasteiger partial charge < -0.3 is 19.7 Å². The fraction of sp³-hybridized carbons (Fsp3) is 0.360. The number of rotatable bonds is 6. The number of methoxy groups -OCH3 is 1. The second-order valence-electron chi connectivity index (χ2n) is 8.45. The van der Waals surface area contributed by atoms with Crippen LogP contribution in [-0.4, -0.2) is 42.0 Å². The number of nitrogens with one attached hydrogen (secondary N) is 1. The highest BCUT2D eigenvalue weighted by Crippen LogP contribution is 2.45. The van der Waals surface area contributed by atoms with Crippen LogP contribution in [0.25, 0.3) is 11.3 Å². The summed E-state index contributed by atoms with van der Waals surface area (Å²) in [6.07, 6.45) is 2.03. The van der Waals surface area contributed by atoms with Gasteiger partial charge in [-0.3, -0.25) is 0 Å². The molecule has 2 aliphatic rings. The van der Waals surface area contributed by atoms with E-state index in [1.165, 1.54) is 18.7 Å². The average molecular weight is 435 g/mol. The Hall–Kier alpha value is -3.19. The molecule has 0 spiro atoms. The maximum absolute atomic E-state index is 14.3. The molecule has 1 fully saturated rings. The maximum atomic E-state index is 14.3. The number of nitrogens with zero attached hydrogens (tertiary/aromatic N) is 3. The van der Waals surface area contributed by atoms with Gasteiger partial charge in [0.25, 0.3) is 0 Å². The number of aromatic nitrogens is 2. The summed E-state index contributed by atoms with van der Waals surface area (Å²) in [6, 6.07) is 17.1. The summed E-state index contributed by atoms with van der Waals surface area (Å²) in [5.74, 6) is 0.510. The molecular weight excluding hydrogens is 407 g/mol. The highest BCUT2D eigenvalue weighted by Gasteiger charge is 2.48. The van der Waals surface area contributed by atoms with Crippen molar-refractivity contribution in [2.24, 2.45) is 0 Å². The summed E-state index contributed by atoms with van der Waals surface area (Å²) < 4.78 is 25.9. The van der Waals surface area contributed by atoms with E-state index in [2.05, 4.69) is 39.5 Å². The molecule has 5 rings (SSSR count). The van der Waals surface area contributed by atoms with Crippen LogP contribution >= 0.6 is 0 Å². The zero-order valence-electron chi connectivity index (χ0n) is 18.3. The highest BCUT2D eigenvalue weighted by molar-refractivity contribution is 5.77. The van der Waals surface area contributed by atoms with Crippen molar-refractivity contribution in [2.45, 2.75) is 38.0 Å². The van der Waals surface area contributed by atoms with Crippen LogP contribution in [0.2, 0.25) is 0 Å². The molecular formula is C25H27FN4O2. The molecule has 0 aliphatic carbocycles. The fourth-order valence-corrected chi connectivity index (χ4v) is 4.89. The third-order valence-electron chi connectivity index (χ3n) is 6.65. The summed E-state index contributed by atoms with van der Waals surface area (Å²) in [6.45, 7) is 4.38. The molecule has 3 heterocycles. The Morgan fingerprint density at radius 1 is 1.16 bits per heavy atom. The molecule has 0 unspecified atom stereocenters. The van der Waals surface area contributed by atoms with Crippen LogP contribution in [0.5, 0.6) is 5.75 Å². The SMILES string of the molecule is CC[C@@]12CNc3nnc(-c4cccc(F)c4OC)cc3N1C[C@H](OCc1ccccc1)C2. The average Bonchev–Trinajstić information content (AvgIpc) is 3.23. The molecule has 0 amide bonds. The van der Waals surface area contributed by atoms with E-state index in [-0.39, 0.29) is 17.4 Å². The van der Waals surface area contributed by atoms with E-state index in [9.17, 15) is 4.39 Å². The zero-order valence-corrected chi connectivity index (χ0v) is 18.3. The number of halogens is 1. The smallest absolute Gasteiger partial charge is 0.172 e. The summed E-state index contributed by atoms with van der Waals surface area (Å²) >= 11 is 0. The molecule has 1 saturated heterocycles. The van der Waals surface area contributed by atoms with Gasteiger partial charge in [0.15, 0.2) is 17.4 Å². The number of fused-ring (bicyclic) bond motifs is 3. The van der Waals surface area contributed by atoms with E-state index >= 15 is 0 Å². The van der Waals surface area contributed by atoms with Crippen LogP contribution in [-0.2, 0) is 11.3 Å². The van der Waals surface area contributed by atoms with E-state index in [1.54, 1.807) is 12.1 Å². The molecule has 0 radical (unpaired) electrons. The number of anilines is 2. The molecule has 0 saturated carbocycles. The summed E-state index contributed by atoms with van der Waals surface area (Å²) in [5, 5.41) is 12.2. The minimum Gasteiger partial charge on any atom is -0.493 e. The topological polar surface area (TPSA) is 59.5 Å². The molecule has 3 aromatic rings. The Morgan fingerprint density at radius 3 is 2.78 bits per heavy atom. The lowest BCUT2D eigenvalue weighted by atomic mass is 9.90. The number of hydrogen-bond acceptors (Lipinski definition) is 6. The largest absolute Gasteiger partial charge is 0.493 e. The lowest BCUT2D eigenvalue weighted by Gasteiger charge is -2.43. The van der Waals surface area contributed by atoms with Crippen molar-refractivity contribution in [1.82, 2.24) is 10.2 Å². The van der Waals surface area contributed by atoms with Gasteiger partial charge in [0.2, 0.25) is 0 Å². The van der Waals surface area contributed by atoms with Gasteiger partial charge in [-0.15, -0.1) is 10.2 Å². The van der Waals surface area contributed by atoms with Crippen molar-refractivity contribution in [1.29, 1.82) is 0 Å². The van der Waals surface area contributed by atoms with Crippen LogP contribution in [0.15, 0.2) is 54.6 Å². The molecule has 32 heavy (non-hydrogen) atoms. The quantitative estimate of drug-likeness (QED) is 0.609. The van der Waals surface area contributed by atoms with Crippen LogP contribution in [0.3, 0.4) is 0 Å². The number of para-hydroxylation sites is 1. The molecule has 7 heteroatoms. The molecule has 1 aromatic heterocycles. The second-order valence-corrected chi connectivity index (χ2v) is 8.45. The third-order valence-corrected chi connectivity index (χ3v) is 6.65. The first-order valence-electron chi connectivity index (χ1n) is 11.0. The third kappa shape index (κ3) is 3.56. The molecule has 2 aliphatic heterocycles. The van der Waals surface area contributed by atoms with Crippen molar-refractivity contribution in [2.75, 3.05) is 30.4 Å². The molecule has 2 atom stereocenters. The Balaban J connectivity index is 1.45. The number of hydrogen-bond donors (Lipinski definition) is 1. The lowest BCUT2D eigenvalue weighted by molar-refractivity contribution is 0.0496. The monoisotopic (exact) mass is 434 g/mol. The maximum Gasteiger partial charge on any atom is 0.172 e. The number of ether oxygens (including phenoxy) is 2. The van der Waals surface area contributed by atoms with Crippen LogP contribution in [0.4, 0.5) is 15.9 Å². The van der Waals surface area contributed by atoms with Gasteiger partial charge in [-0.25, -0.2) is 4.39 Å². The van der Waals surface area contributed by atoms with Crippen LogP contribution < -0.4 is 15.0 Å². The molecule has 1 N–H and O–H groups in total. The van der Waals surface area contributed by atoms with Gasteiger partial charge in [-0.2, -0.15) is 0 Å². The van der Waals surface area contributed by atoms with E-state index in [4.69, 9.17) is 9.47 Å². The van der Waals surface area contributed by atoms with E-state index < -0.39 is 5.82 Å². The first kappa shape index (κ1) is 20.7. The number of benzene rings is 2. The lowest BCUT2D eigenvalue weighted by Crippen LogP contribution is -2.52. The summed E-state index contributed by atoms with van der Waals surface area (Å²) in [5.41, 5.74) is 3.27. The van der Waals surface area contributed by atoms with Crippen molar-refractivity contribution in [3.05, 3.63) is 66.0 Å². The van der Waals surface area contributed by atoms with Crippen LogP contribution in [0, 0.1) is 5.82 Å². The van der Waals surface area contributed by atoms with Crippen molar-refractivity contribution in [3.8, 4) is 17.0 Å². The Kier molecular flexibility index (Phi) is 5.43. The summed E-state index contributed by atoms with van der Waals surface area (Å²) in [4.78, 5) is 2.40. The minimum absolute atomic E-state index is 0.0549. The van der Waals surface area contributed by atoms with Gasteiger partial charge in [-0.05, 0) is 30.2 Å². The molecule has 0 bridgehead atoms.